The summed E-state index contributed by atoms with van der Waals surface area (Å²) in [6.07, 6.45) is 6.39. The molecule has 3 aromatic heterocycles. The fraction of sp³-hybridized carbons (Fsp3) is 0.136. The fourth-order valence-electron chi connectivity index (χ4n) is 2.83. The minimum atomic E-state index is -0.276. The third-order valence-corrected chi connectivity index (χ3v) is 5.14. The van der Waals surface area contributed by atoms with Crippen molar-refractivity contribution in [1.82, 2.24) is 25.2 Å². The minimum Gasteiger partial charge on any atom is -0.494 e. The number of carbonyl (C=O) groups excluding carboxylic acids is 1. The lowest BCUT2D eigenvalue weighted by molar-refractivity contribution is -0.118. The number of hydrazone groups is 1. The van der Waals surface area contributed by atoms with Gasteiger partial charge in [0.1, 0.15) is 11.5 Å². The van der Waals surface area contributed by atoms with E-state index in [1.54, 1.807) is 24.5 Å². The van der Waals surface area contributed by atoms with Gasteiger partial charge in [-0.25, -0.2) is 5.43 Å². The van der Waals surface area contributed by atoms with Crippen molar-refractivity contribution in [3.63, 3.8) is 0 Å². The summed E-state index contributed by atoms with van der Waals surface area (Å²) in [5.41, 5.74) is 4.13. The lowest BCUT2D eigenvalue weighted by Crippen LogP contribution is -2.19. The van der Waals surface area contributed by atoms with Crippen molar-refractivity contribution in [2.24, 2.45) is 5.10 Å². The first-order chi connectivity index (χ1) is 15.7. The van der Waals surface area contributed by atoms with E-state index in [0.717, 1.165) is 17.0 Å². The average molecular weight is 449 g/mol. The third-order valence-electron chi connectivity index (χ3n) is 4.22. The maximum Gasteiger partial charge on any atom is 0.250 e. The summed E-state index contributed by atoms with van der Waals surface area (Å²) in [7, 11) is 0. The highest BCUT2D eigenvalue weighted by atomic mass is 32.2. The standard InChI is InChI=1S/C22H20N6O3S/c1-2-30-18-9-7-17(8-10-18)28-21(16-5-3-11-23-13-16)26-27-22(28)32-15-20(29)25-24-14-19-6-4-12-31-19/h3-14H,2,15H2,1H3,(H,25,29)/b24-14-. The van der Waals surface area contributed by atoms with Crippen LogP contribution < -0.4 is 10.2 Å². The molecule has 0 unspecified atom stereocenters. The van der Waals surface area contributed by atoms with Gasteiger partial charge in [-0.2, -0.15) is 5.10 Å². The van der Waals surface area contributed by atoms with Crippen molar-refractivity contribution in [3.05, 3.63) is 72.9 Å². The molecule has 0 aliphatic rings. The number of furan rings is 1. The number of carbonyl (C=O) groups is 1. The molecule has 0 bridgehead atoms. The summed E-state index contributed by atoms with van der Waals surface area (Å²) in [5.74, 6) is 1.78. The highest BCUT2D eigenvalue weighted by Crippen LogP contribution is 2.28. The molecule has 3 heterocycles. The Kier molecular flexibility index (Phi) is 6.93. The van der Waals surface area contributed by atoms with Crippen LogP contribution in [0.3, 0.4) is 0 Å². The zero-order chi connectivity index (χ0) is 22.2. The molecule has 1 aromatic carbocycles. The van der Waals surface area contributed by atoms with Gasteiger partial charge in [-0.1, -0.05) is 11.8 Å². The topological polar surface area (TPSA) is 107 Å². The summed E-state index contributed by atoms with van der Waals surface area (Å²) in [6, 6.07) is 14.8. The Morgan fingerprint density at radius 2 is 2.09 bits per heavy atom. The maximum absolute atomic E-state index is 12.2. The molecule has 162 valence electrons. The van der Waals surface area contributed by atoms with E-state index in [1.807, 2.05) is 47.9 Å². The number of rotatable bonds is 9. The average Bonchev–Trinajstić information content (AvgIpc) is 3.49. The van der Waals surface area contributed by atoms with Gasteiger partial charge in [0.05, 0.1) is 24.8 Å². The molecule has 9 nitrogen and oxygen atoms in total. The second-order valence-electron chi connectivity index (χ2n) is 6.41. The molecular weight excluding hydrogens is 428 g/mol. The predicted molar refractivity (Wildman–Crippen MR) is 121 cm³/mol. The molecule has 0 aliphatic heterocycles. The van der Waals surface area contributed by atoms with Gasteiger partial charge in [0, 0.05) is 23.6 Å². The molecule has 4 rings (SSSR count). The Morgan fingerprint density at radius 1 is 1.22 bits per heavy atom. The van der Waals surface area contributed by atoms with E-state index in [-0.39, 0.29) is 11.7 Å². The molecule has 0 atom stereocenters. The molecule has 0 saturated heterocycles. The van der Waals surface area contributed by atoms with Crippen LogP contribution in [0.1, 0.15) is 12.7 Å². The SMILES string of the molecule is CCOc1ccc(-n2c(SCC(=O)N/N=C\c3ccco3)nnc2-c2cccnc2)cc1. The predicted octanol–water partition coefficient (Wildman–Crippen LogP) is 3.56. The van der Waals surface area contributed by atoms with Crippen LogP contribution >= 0.6 is 11.8 Å². The Bertz CT molecular complexity index is 1170. The first-order valence-corrected chi connectivity index (χ1v) is 10.8. The van der Waals surface area contributed by atoms with Gasteiger partial charge in [0.25, 0.3) is 5.91 Å². The summed E-state index contributed by atoms with van der Waals surface area (Å²) >= 11 is 1.26. The summed E-state index contributed by atoms with van der Waals surface area (Å²) in [5, 5.41) is 13.1. The van der Waals surface area contributed by atoms with E-state index in [9.17, 15) is 4.79 Å². The van der Waals surface area contributed by atoms with Gasteiger partial charge in [-0.15, -0.1) is 10.2 Å². The number of benzene rings is 1. The molecule has 1 N–H and O–H groups in total. The van der Waals surface area contributed by atoms with Crippen LogP contribution in [0.25, 0.3) is 17.1 Å². The number of ether oxygens (including phenoxy) is 1. The summed E-state index contributed by atoms with van der Waals surface area (Å²) < 4.78 is 12.6. The van der Waals surface area contributed by atoms with Gasteiger partial charge >= 0.3 is 0 Å². The lowest BCUT2D eigenvalue weighted by atomic mass is 10.2. The second kappa shape index (κ2) is 10.4. The number of aromatic nitrogens is 4. The van der Waals surface area contributed by atoms with Gasteiger partial charge < -0.3 is 9.15 Å². The molecule has 0 radical (unpaired) electrons. The normalized spacial score (nSPS) is 11.0. The molecule has 1 amide bonds. The van der Waals surface area contributed by atoms with Crippen molar-refractivity contribution in [2.45, 2.75) is 12.1 Å². The largest absolute Gasteiger partial charge is 0.494 e. The highest BCUT2D eigenvalue weighted by Gasteiger charge is 2.17. The van der Waals surface area contributed by atoms with E-state index in [0.29, 0.717) is 23.3 Å². The Labute approximate surface area is 188 Å². The van der Waals surface area contributed by atoms with Crippen molar-refractivity contribution in [3.8, 4) is 22.8 Å². The van der Waals surface area contributed by atoms with E-state index in [1.165, 1.54) is 24.2 Å². The summed E-state index contributed by atoms with van der Waals surface area (Å²) in [4.78, 5) is 16.4. The van der Waals surface area contributed by atoms with E-state index >= 15 is 0 Å². The Hall–Kier alpha value is -3.92. The summed E-state index contributed by atoms with van der Waals surface area (Å²) in [6.45, 7) is 2.53. The van der Waals surface area contributed by atoms with Crippen LogP contribution in [0.5, 0.6) is 5.75 Å². The highest BCUT2D eigenvalue weighted by molar-refractivity contribution is 7.99. The zero-order valence-corrected chi connectivity index (χ0v) is 18.0. The number of hydrogen-bond donors (Lipinski definition) is 1. The van der Waals surface area contributed by atoms with E-state index in [4.69, 9.17) is 9.15 Å². The molecule has 10 heteroatoms. The number of hydrogen-bond acceptors (Lipinski definition) is 8. The zero-order valence-electron chi connectivity index (χ0n) is 17.2. The van der Waals surface area contributed by atoms with Crippen LogP contribution in [0.2, 0.25) is 0 Å². The number of nitrogens with zero attached hydrogens (tertiary/aromatic N) is 5. The van der Waals surface area contributed by atoms with Gasteiger partial charge in [0.2, 0.25) is 0 Å². The van der Waals surface area contributed by atoms with Crippen LogP contribution in [-0.2, 0) is 4.79 Å². The molecular formula is C22H20N6O3S. The van der Waals surface area contributed by atoms with Gasteiger partial charge in [0.15, 0.2) is 11.0 Å². The quantitative estimate of drug-likeness (QED) is 0.237. The van der Waals surface area contributed by atoms with Crippen molar-refractivity contribution >= 4 is 23.9 Å². The molecule has 4 aromatic rings. The lowest BCUT2D eigenvalue weighted by Gasteiger charge is -2.11. The number of nitrogens with one attached hydrogen (secondary N) is 1. The molecule has 0 fully saturated rings. The minimum absolute atomic E-state index is 0.109. The second-order valence-corrected chi connectivity index (χ2v) is 7.35. The third kappa shape index (κ3) is 5.22. The van der Waals surface area contributed by atoms with Crippen LogP contribution in [0.15, 0.2) is 81.9 Å². The number of pyridine rings is 1. The Morgan fingerprint density at radius 3 is 2.81 bits per heavy atom. The van der Waals surface area contributed by atoms with Crippen LogP contribution in [0.4, 0.5) is 0 Å². The van der Waals surface area contributed by atoms with E-state index < -0.39 is 0 Å². The van der Waals surface area contributed by atoms with Crippen molar-refractivity contribution in [1.29, 1.82) is 0 Å². The van der Waals surface area contributed by atoms with Gasteiger partial charge in [-0.3, -0.25) is 14.3 Å². The van der Waals surface area contributed by atoms with Crippen molar-refractivity contribution < 1.29 is 13.9 Å². The van der Waals surface area contributed by atoms with Crippen LogP contribution in [-0.4, -0.2) is 44.2 Å². The first kappa shape index (κ1) is 21.3. The maximum atomic E-state index is 12.2. The van der Waals surface area contributed by atoms with E-state index in [2.05, 4.69) is 25.7 Å². The molecule has 0 spiro atoms. The monoisotopic (exact) mass is 448 g/mol. The van der Waals surface area contributed by atoms with Gasteiger partial charge in [-0.05, 0) is 55.5 Å². The smallest absolute Gasteiger partial charge is 0.250 e. The first-order valence-electron chi connectivity index (χ1n) is 9.82. The fourth-order valence-corrected chi connectivity index (χ4v) is 3.58. The number of amides is 1. The van der Waals surface area contributed by atoms with Crippen molar-refractivity contribution in [2.75, 3.05) is 12.4 Å². The number of thioether (sulfide) groups is 1. The Balaban J connectivity index is 1.53. The van der Waals surface area contributed by atoms with Crippen LogP contribution in [0, 0.1) is 0 Å². The molecule has 0 aliphatic carbocycles. The molecule has 32 heavy (non-hydrogen) atoms. The molecule has 0 saturated carbocycles.